The number of fused-ring (bicyclic) bond motifs is 1. The molecular weight excluding hydrogens is 516 g/mol. The summed E-state index contributed by atoms with van der Waals surface area (Å²) in [6, 6.07) is 8.48. The number of likely N-dealkylation sites (tertiary alicyclic amines) is 1. The summed E-state index contributed by atoms with van der Waals surface area (Å²) in [7, 11) is 0. The average Bonchev–Trinajstić information content (AvgIpc) is 3.46. The van der Waals surface area contributed by atoms with Gasteiger partial charge in [0.15, 0.2) is 17.0 Å². The lowest BCUT2D eigenvalue weighted by atomic mass is 10.2. The van der Waals surface area contributed by atoms with E-state index in [1.54, 1.807) is 81.6 Å². The van der Waals surface area contributed by atoms with E-state index in [0.29, 0.717) is 29.7 Å². The van der Waals surface area contributed by atoms with Gasteiger partial charge in [0.1, 0.15) is 24.1 Å². The molecule has 214 valence electrons. The van der Waals surface area contributed by atoms with Gasteiger partial charge < -0.3 is 29.0 Å². The maximum atomic E-state index is 13.1. The van der Waals surface area contributed by atoms with Crippen LogP contribution in [0.2, 0.25) is 0 Å². The number of esters is 1. The van der Waals surface area contributed by atoms with Crippen molar-refractivity contribution in [3.05, 3.63) is 48.5 Å². The van der Waals surface area contributed by atoms with Crippen LogP contribution in [0.5, 0.6) is 0 Å². The molecule has 2 amide bonds. The first kappa shape index (κ1) is 28.9. The Morgan fingerprint density at radius 2 is 1.68 bits per heavy atom. The van der Waals surface area contributed by atoms with Gasteiger partial charge in [-0.15, -0.1) is 0 Å². The average molecular weight is 553 g/mol. The predicted molar refractivity (Wildman–Crippen MR) is 147 cm³/mol. The molecule has 0 spiro atoms. The second kappa shape index (κ2) is 11.6. The standard InChI is InChI=1S/C28H36N6O6/c1-27(2,3)39-21(35)15-38-20-12-19(34(14-20)26(37)40-28(4,5)6)13-33-17-31-22-23(29-16-30-24(22)33)32-25(36)18-10-8-7-9-11-18/h7-11,16-17,19-20H,12-15H2,1-6H3,(H,29,30,32,36)/t19-,20+/m0/s1. The van der Waals surface area contributed by atoms with E-state index in [2.05, 4.69) is 20.3 Å². The van der Waals surface area contributed by atoms with Gasteiger partial charge in [0, 0.05) is 12.1 Å². The molecule has 0 radical (unpaired) electrons. The van der Waals surface area contributed by atoms with Crippen LogP contribution in [-0.4, -0.2) is 78.9 Å². The first-order valence-corrected chi connectivity index (χ1v) is 13.1. The minimum Gasteiger partial charge on any atom is -0.458 e. The molecule has 0 unspecified atom stereocenters. The number of ether oxygens (including phenoxy) is 3. The summed E-state index contributed by atoms with van der Waals surface area (Å²) in [5, 5.41) is 2.80. The first-order valence-electron chi connectivity index (χ1n) is 13.1. The molecular formula is C28H36N6O6. The quantitative estimate of drug-likeness (QED) is 0.434. The molecule has 2 atom stereocenters. The minimum absolute atomic E-state index is 0.220. The molecule has 1 aliphatic heterocycles. The topological polar surface area (TPSA) is 138 Å². The number of carbonyl (C=O) groups excluding carboxylic acids is 3. The molecule has 12 heteroatoms. The van der Waals surface area contributed by atoms with Gasteiger partial charge in [-0.2, -0.15) is 0 Å². The molecule has 1 N–H and O–H groups in total. The van der Waals surface area contributed by atoms with Crippen molar-refractivity contribution in [1.29, 1.82) is 0 Å². The predicted octanol–water partition coefficient (Wildman–Crippen LogP) is 3.81. The maximum absolute atomic E-state index is 13.1. The van der Waals surface area contributed by atoms with Crippen molar-refractivity contribution in [2.24, 2.45) is 0 Å². The Morgan fingerprint density at radius 1 is 0.975 bits per heavy atom. The van der Waals surface area contributed by atoms with Gasteiger partial charge in [0.05, 0.1) is 25.0 Å². The number of anilines is 1. The lowest BCUT2D eigenvalue weighted by Crippen LogP contribution is -2.41. The van der Waals surface area contributed by atoms with Crippen molar-refractivity contribution in [2.45, 2.75) is 77.9 Å². The van der Waals surface area contributed by atoms with E-state index in [1.807, 2.05) is 6.07 Å². The van der Waals surface area contributed by atoms with Crippen LogP contribution in [0.15, 0.2) is 43.0 Å². The monoisotopic (exact) mass is 552 g/mol. The Hall–Kier alpha value is -4.06. The highest BCUT2D eigenvalue weighted by atomic mass is 16.6. The van der Waals surface area contributed by atoms with Gasteiger partial charge in [-0.3, -0.25) is 4.79 Å². The van der Waals surface area contributed by atoms with Gasteiger partial charge in [-0.1, -0.05) is 18.2 Å². The summed E-state index contributed by atoms with van der Waals surface area (Å²) in [5.41, 5.74) is 0.111. The van der Waals surface area contributed by atoms with Crippen LogP contribution in [0.4, 0.5) is 10.6 Å². The molecule has 0 saturated carbocycles. The second-order valence-corrected chi connectivity index (χ2v) is 11.7. The number of rotatable bonds is 7. The van der Waals surface area contributed by atoms with Crippen molar-refractivity contribution in [2.75, 3.05) is 18.5 Å². The Bertz CT molecular complexity index is 1360. The third-order valence-corrected chi connectivity index (χ3v) is 5.94. The zero-order valence-electron chi connectivity index (χ0n) is 23.7. The van der Waals surface area contributed by atoms with Crippen LogP contribution in [0.25, 0.3) is 11.2 Å². The Balaban J connectivity index is 1.51. The molecule has 3 aromatic rings. The highest BCUT2D eigenvalue weighted by Gasteiger charge is 2.39. The summed E-state index contributed by atoms with van der Waals surface area (Å²) >= 11 is 0. The summed E-state index contributed by atoms with van der Waals surface area (Å²) in [5.74, 6) is -0.499. The number of imidazole rings is 1. The maximum Gasteiger partial charge on any atom is 0.410 e. The van der Waals surface area contributed by atoms with Gasteiger partial charge in [-0.05, 0) is 60.1 Å². The van der Waals surface area contributed by atoms with Gasteiger partial charge in [0.25, 0.3) is 5.91 Å². The number of nitrogens with one attached hydrogen (secondary N) is 1. The van der Waals surface area contributed by atoms with E-state index in [1.165, 1.54) is 6.33 Å². The molecule has 4 rings (SSSR count). The van der Waals surface area contributed by atoms with Gasteiger partial charge in [-0.25, -0.2) is 24.5 Å². The van der Waals surface area contributed by atoms with E-state index in [-0.39, 0.29) is 30.9 Å². The molecule has 12 nitrogen and oxygen atoms in total. The van der Waals surface area contributed by atoms with E-state index in [4.69, 9.17) is 14.2 Å². The SMILES string of the molecule is CC(C)(C)OC(=O)CO[C@@H]1C[C@@H](Cn2cnc3c(NC(=O)c4ccccc4)ncnc32)N(C(=O)OC(C)(C)C)C1. The number of hydrogen-bond acceptors (Lipinski definition) is 9. The van der Waals surface area contributed by atoms with Crippen LogP contribution in [0.1, 0.15) is 58.3 Å². The van der Waals surface area contributed by atoms with Crippen LogP contribution < -0.4 is 5.32 Å². The Labute approximate surface area is 233 Å². The summed E-state index contributed by atoms with van der Waals surface area (Å²) in [4.78, 5) is 52.6. The highest BCUT2D eigenvalue weighted by Crippen LogP contribution is 2.27. The normalized spacial score (nSPS) is 17.6. The molecule has 3 heterocycles. The van der Waals surface area contributed by atoms with Crippen LogP contribution >= 0.6 is 0 Å². The molecule has 0 aliphatic carbocycles. The second-order valence-electron chi connectivity index (χ2n) is 11.7. The summed E-state index contributed by atoms with van der Waals surface area (Å²) < 4.78 is 18.6. The molecule has 1 aliphatic rings. The summed E-state index contributed by atoms with van der Waals surface area (Å²) in [6.45, 7) is 11.2. The summed E-state index contributed by atoms with van der Waals surface area (Å²) in [6.07, 6.45) is 2.55. The molecule has 1 saturated heterocycles. The van der Waals surface area contributed by atoms with E-state index in [0.717, 1.165) is 0 Å². The molecule has 2 aromatic heterocycles. The first-order chi connectivity index (χ1) is 18.8. The highest BCUT2D eigenvalue weighted by molar-refractivity contribution is 6.06. The van der Waals surface area contributed by atoms with Crippen LogP contribution in [0, 0.1) is 0 Å². The molecule has 40 heavy (non-hydrogen) atoms. The lowest BCUT2D eigenvalue weighted by Gasteiger charge is -2.28. The number of amides is 2. The van der Waals surface area contributed by atoms with Crippen LogP contribution in [-0.2, 0) is 25.5 Å². The third kappa shape index (κ3) is 7.53. The van der Waals surface area contributed by atoms with Gasteiger partial charge in [0.2, 0.25) is 0 Å². The fraction of sp³-hybridized carbons (Fsp3) is 0.500. The smallest absolute Gasteiger partial charge is 0.410 e. The Morgan fingerprint density at radius 3 is 2.35 bits per heavy atom. The molecule has 0 bridgehead atoms. The van der Waals surface area contributed by atoms with E-state index in [9.17, 15) is 14.4 Å². The molecule has 1 fully saturated rings. The number of nitrogens with zero attached hydrogens (tertiary/aromatic N) is 5. The number of aromatic nitrogens is 4. The van der Waals surface area contributed by atoms with Crippen molar-refractivity contribution < 1.29 is 28.6 Å². The zero-order chi connectivity index (χ0) is 29.1. The number of carbonyl (C=O) groups is 3. The molecule has 1 aromatic carbocycles. The van der Waals surface area contributed by atoms with Crippen molar-refractivity contribution >= 4 is 35.0 Å². The van der Waals surface area contributed by atoms with Crippen molar-refractivity contribution in [3.8, 4) is 0 Å². The number of benzene rings is 1. The van der Waals surface area contributed by atoms with Gasteiger partial charge >= 0.3 is 12.1 Å². The largest absolute Gasteiger partial charge is 0.458 e. The van der Waals surface area contributed by atoms with Crippen molar-refractivity contribution in [1.82, 2.24) is 24.4 Å². The Kier molecular flexibility index (Phi) is 8.38. The minimum atomic E-state index is -0.683. The third-order valence-electron chi connectivity index (χ3n) is 5.94. The fourth-order valence-corrected chi connectivity index (χ4v) is 4.37. The fourth-order valence-electron chi connectivity index (χ4n) is 4.37. The lowest BCUT2D eigenvalue weighted by molar-refractivity contribution is -0.162. The zero-order valence-corrected chi connectivity index (χ0v) is 23.7. The van der Waals surface area contributed by atoms with E-state index < -0.39 is 29.4 Å². The van der Waals surface area contributed by atoms with Crippen LogP contribution in [0.3, 0.4) is 0 Å². The number of hydrogen-bond donors (Lipinski definition) is 1. The van der Waals surface area contributed by atoms with Crippen molar-refractivity contribution in [3.63, 3.8) is 0 Å². The van der Waals surface area contributed by atoms with E-state index >= 15 is 0 Å².